The van der Waals surface area contributed by atoms with Crippen molar-refractivity contribution in [3.05, 3.63) is 30.1 Å². The van der Waals surface area contributed by atoms with Crippen LogP contribution in [0.4, 0.5) is 0 Å². The van der Waals surface area contributed by atoms with Gasteiger partial charge in [0.05, 0.1) is 17.1 Å². The molecule has 5 heteroatoms. The molecule has 21 heavy (non-hydrogen) atoms. The second-order valence-corrected chi connectivity index (χ2v) is 5.64. The maximum absolute atomic E-state index is 12.0. The molecule has 1 unspecified atom stereocenters. The molecule has 0 bridgehead atoms. The minimum atomic E-state index is -0.0838. The third-order valence-electron chi connectivity index (χ3n) is 3.52. The lowest BCUT2D eigenvalue weighted by Crippen LogP contribution is -2.32. The van der Waals surface area contributed by atoms with Gasteiger partial charge in [0.2, 0.25) is 5.91 Å². The minimum absolute atomic E-state index is 0.0735. The van der Waals surface area contributed by atoms with Crippen molar-refractivity contribution in [2.45, 2.75) is 32.7 Å². The Morgan fingerprint density at radius 1 is 1.33 bits per heavy atom. The second kappa shape index (κ2) is 7.22. The molecule has 3 N–H and O–H groups in total. The standard InChI is InChI=1S/C16H24N4O/c1-11(2)15(20-14(21)9-6-10-17-3)16-18-12-7-4-5-8-13(12)19-16/h4-5,7-8,11,15,17H,6,9-10H2,1-3H3,(H,18,19)(H,20,21). The predicted octanol–water partition coefficient (Wildman–Crippen LogP) is 2.38. The fourth-order valence-electron chi connectivity index (χ4n) is 2.34. The first kappa shape index (κ1) is 15.5. The number of hydrogen-bond donors (Lipinski definition) is 3. The smallest absolute Gasteiger partial charge is 0.220 e. The molecule has 1 atom stereocenters. The quantitative estimate of drug-likeness (QED) is 0.685. The van der Waals surface area contributed by atoms with Crippen LogP contribution in [0.3, 0.4) is 0 Å². The zero-order valence-electron chi connectivity index (χ0n) is 12.9. The lowest BCUT2D eigenvalue weighted by molar-refractivity contribution is -0.122. The van der Waals surface area contributed by atoms with E-state index in [1.165, 1.54) is 0 Å². The molecule has 1 heterocycles. The van der Waals surface area contributed by atoms with Gasteiger partial charge in [-0.1, -0.05) is 26.0 Å². The fourth-order valence-corrected chi connectivity index (χ4v) is 2.34. The predicted molar refractivity (Wildman–Crippen MR) is 85.0 cm³/mol. The van der Waals surface area contributed by atoms with Crippen LogP contribution in [-0.4, -0.2) is 29.5 Å². The number of H-pyrrole nitrogens is 1. The van der Waals surface area contributed by atoms with Crippen molar-refractivity contribution < 1.29 is 4.79 Å². The molecule has 0 saturated carbocycles. The van der Waals surface area contributed by atoms with E-state index >= 15 is 0 Å². The van der Waals surface area contributed by atoms with Gasteiger partial charge in [0.25, 0.3) is 0 Å². The molecule has 1 aromatic carbocycles. The molecule has 2 rings (SSSR count). The van der Waals surface area contributed by atoms with E-state index in [2.05, 4.69) is 34.4 Å². The van der Waals surface area contributed by atoms with E-state index in [4.69, 9.17) is 0 Å². The van der Waals surface area contributed by atoms with E-state index in [0.717, 1.165) is 29.8 Å². The normalized spacial score (nSPS) is 12.8. The maximum Gasteiger partial charge on any atom is 0.220 e. The number of nitrogens with zero attached hydrogens (tertiary/aromatic N) is 1. The second-order valence-electron chi connectivity index (χ2n) is 5.64. The molecule has 0 aliphatic heterocycles. The van der Waals surface area contributed by atoms with Gasteiger partial charge in [0.15, 0.2) is 0 Å². The molecule has 1 amide bonds. The molecular formula is C16H24N4O. The van der Waals surface area contributed by atoms with E-state index in [1.807, 2.05) is 31.3 Å². The summed E-state index contributed by atoms with van der Waals surface area (Å²) in [6, 6.07) is 7.83. The monoisotopic (exact) mass is 288 g/mol. The van der Waals surface area contributed by atoms with Crippen LogP contribution in [-0.2, 0) is 4.79 Å². The first-order chi connectivity index (χ1) is 10.1. The Morgan fingerprint density at radius 3 is 2.76 bits per heavy atom. The highest BCUT2D eigenvalue weighted by atomic mass is 16.1. The Labute approximate surface area is 125 Å². The van der Waals surface area contributed by atoms with Gasteiger partial charge in [-0.3, -0.25) is 4.79 Å². The molecule has 2 aromatic rings. The van der Waals surface area contributed by atoms with E-state index in [9.17, 15) is 4.79 Å². The van der Waals surface area contributed by atoms with Crippen LogP contribution in [0, 0.1) is 5.92 Å². The maximum atomic E-state index is 12.0. The lowest BCUT2D eigenvalue weighted by atomic mass is 10.0. The van der Waals surface area contributed by atoms with Crippen LogP contribution in [0.2, 0.25) is 0 Å². The number of carbonyl (C=O) groups excluding carboxylic acids is 1. The Kier molecular flexibility index (Phi) is 5.33. The number of aromatic nitrogens is 2. The number of hydrogen-bond acceptors (Lipinski definition) is 3. The van der Waals surface area contributed by atoms with Crippen molar-refractivity contribution in [3.8, 4) is 0 Å². The number of amides is 1. The number of para-hydroxylation sites is 2. The van der Waals surface area contributed by atoms with E-state index in [0.29, 0.717) is 6.42 Å². The molecule has 114 valence electrons. The number of nitrogens with one attached hydrogen (secondary N) is 3. The van der Waals surface area contributed by atoms with Crippen molar-refractivity contribution >= 4 is 16.9 Å². The molecular weight excluding hydrogens is 264 g/mol. The van der Waals surface area contributed by atoms with E-state index in [-0.39, 0.29) is 17.9 Å². The van der Waals surface area contributed by atoms with Gasteiger partial charge in [-0.25, -0.2) is 4.98 Å². The summed E-state index contributed by atoms with van der Waals surface area (Å²) in [7, 11) is 1.89. The fraction of sp³-hybridized carbons (Fsp3) is 0.500. The van der Waals surface area contributed by atoms with Gasteiger partial charge in [-0.05, 0) is 38.1 Å². The number of aromatic amines is 1. The van der Waals surface area contributed by atoms with E-state index < -0.39 is 0 Å². The summed E-state index contributed by atoms with van der Waals surface area (Å²) in [5.74, 6) is 1.18. The van der Waals surface area contributed by atoms with Gasteiger partial charge in [-0.2, -0.15) is 0 Å². The number of fused-ring (bicyclic) bond motifs is 1. The zero-order valence-corrected chi connectivity index (χ0v) is 12.9. The first-order valence-electron chi connectivity index (χ1n) is 7.50. The number of rotatable bonds is 7. The highest BCUT2D eigenvalue weighted by Gasteiger charge is 2.21. The molecule has 0 fully saturated rings. The summed E-state index contributed by atoms with van der Waals surface area (Å²) in [6.45, 7) is 5.03. The number of imidazole rings is 1. The van der Waals surface area contributed by atoms with Gasteiger partial charge in [-0.15, -0.1) is 0 Å². The van der Waals surface area contributed by atoms with Crippen LogP contribution in [0.25, 0.3) is 11.0 Å². The number of benzene rings is 1. The summed E-state index contributed by atoms with van der Waals surface area (Å²) in [5.41, 5.74) is 1.94. The first-order valence-corrected chi connectivity index (χ1v) is 7.50. The zero-order chi connectivity index (χ0) is 15.2. The minimum Gasteiger partial charge on any atom is -0.346 e. The Morgan fingerprint density at radius 2 is 2.10 bits per heavy atom. The van der Waals surface area contributed by atoms with Crippen LogP contribution >= 0.6 is 0 Å². The summed E-state index contributed by atoms with van der Waals surface area (Å²) >= 11 is 0. The van der Waals surface area contributed by atoms with Crippen LogP contribution < -0.4 is 10.6 Å². The van der Waals surface area contributed by atoms with Gasteiger partial charge in [0.1, 0.15) is 5.82 Å². The topological polar surface area (TPSA) is 69.8 Å². The molecule has 1 aromatic heterocycles. The van der Waals surface area contributed by atoms with Crippen LogP contribution in [0.1, 0.15) is 38.6 Å². The van der Waals surface area contributed by atoms with E-state index in [1.54, 1.807) is 0 Å². The molecule has 0 spiro atoms. The van der Waals surface area contributed by atoms with Gasteiger partial charge < -0.3 is 15.6 Å². The average Bonchev–Trinajstić information content (AvgIpc) is 2.88. The molecule has 0 saturated heterocycles. The number of carbonyl (C=O) groups is 1. The van der Waals surface area contributed by atoms with Crippen LogP contribution in [0.15, 0.2) is 24.3 Å². The molecule has 0 aliphatic rings. The Balaban J connectivity index is 2.09. The van der Waals surface area contributed by atoms with Crippen molar-refractivity contribution in [2.24, 2.45) is 5.92 Å². The average molecular weight is 288 g/mol. The van der Waals surface area contributed by atoms with Crippen molar-refractivity contribution in [2.75, 3.05) is 13.6 Å². The Hall–Kier alpha value is -1.88. The summed E-state index contributed by atoms with van der Waals surface area (Å²) < 4.78 is 0. The van der Waals surface area contributed by atoms with Gasteiger partial charge >= 0.3 is 0 Å². The molecule has 5 nitrogen and oxygen atoms in total. The third kappa shape index (κ3) is 4.04. The van der Waals surface area contributed by atoms with Crippen molar-refractivity contribution in [1.82, 2.24) is 20.6 Å². The van der Waals surface area contributed by atoms with Crippen molar-refractivity contribution in [1.29, 1.82) is 0 Å². The summed E-state index contributed by atoms with van der Waals surface area (Å²) in [4.78, 5) is 20.0. The molecule has 0 aliphatic carbocycles. The lowest BCUT2D eigenvalue weighted by Gasteiger charge is -2.20. The largest absolute Gasteiger partial charge is 0.346 e. The van der Waals surface area contributed by atoms with Crippen molar-refractivity contribution in [3.63, 3.8) is 0 Å². The summed E-state index contributed by atoms with van der Waals surface area (Å²) in [6.07, 6.45) is 1.37. The highest BCUT2D eigenvalue weighted by Crippen LogP contribution is 2.22. The SMILES string of the molecule is CNCCCC(=O)NC(c1nc2ccccc2[nH]1)C(C)C. The van der Waals surface area contributed by atoms with Gasteiger partial charge in [0, 0.05) is 6.42 Å². The third-order valence-corrected chi connectivity index (χ3v) is 3.52. The van der Waals surface area contributed by atoms with Crippen LogP contribution in [0.5, 0.6) is 0 Å². The highest BCUT2D eigenvalue weighted by molar-refractivity contribution is 5.77. The molecule has 0 radical (unpaired) electrons. The summed E-state index contributed by atoms with van der Waals surface area (Å²) in [5, 5.41) is 6.14. The Bertz CT molecular complexity index is 558.